The molecule has 31 heavy (non-hydrogen) atoms. The molecule has 0 saturated carbocycles. The first-order chi connectivity index (χ1) is 15.0. The number of H-pyrrole nitrogens is 1. The highest BCUT2D eigenvalue weighted by molar-refractivity contribution is 7.98. The number of hydrogen-bond donors (Lipinski definition) is 1. The number of aryl methyl sites for hydroxylation is 1. The van der Waals surface area contributed by atoms with E-state index in [0.29, 0.717) is 28.9 Å². The maximum absolute atomic E-state index is 13.2. The standard InChI is InChI=1S/C24H26N4OS2/c1-16(2)12-13-25-14-19-21(15-30-18-10-8-17(3)9-11-18)27-28(23(19)29)24-26-20-6-4-5-7-22(20)31-24/h4-11,14,16,27H,12-13,15H2,1-3H3. The van der Waals surface area contributed by atoms with Crippen molar-refractivity contribution in [2.45, 2.75) is 37.8 Å². The van der Waals surface area contributed by atoms with Gasteiger partial charge in [-0.15, -0.1) is 11.8 Å². The number of fused-ring (bicyclic) bond motifs is 1. The molecule has 5 nitrogen and oxygen atoms in total. The molecule has 0 spiro atoms. The molecule has 0 unspecified atom stereocenters. The van der Waals surface area contributed by atoms with Crippen LogP contribution in [0.5, 0.6) is 0 Å². The SMILES string of the molecule is Cc1ccc(SCc2[nH]n(-c3nc4ccccc4s3)c(=O)c2C=NCCC(C)C)cc1. The van der Waals surface area contributed by atoms with Crippen LogP contribution in [0.25, 0.3) is 15.3 Å². The van der Waals surface area contributed by atoms with Crippen LogP contribution in [0.2, 0.25) is 0 Å². The van der Waals surface area contributed by atoms with Crippen LogP contribution >= 0.6 is 23.1 Å². The predicted octanol–water partition coefficient (Wildman–Crippen LogP) is 5.84. The van der Waals surface area contributed by atoms with Gasteiger partial charge in [0.15, 0.2) is 0 Å². The third-order valence-corrected chi connectivity index (χ3v) is 7.00. The Morgan fingerprint density at radius 1 is 1.19 bits per heavy atom. The number of aromatic amines is 1. The van der Waals surface area contributed by atoms with Gasteiger partial charge in [-0.05, 0) is 43.5 Å². The lowest BCUT2D eigenvalue weighted by Gasteiger charge is -2.02. The second-order valence-corrected chi connectivity index (χ2v) is 9.99. The van der Waals surface area contributed by atoms with E-state index >= 15 is 0 Å². The number of nitrogens with zero attached hydrogens (tertiary/aromatic N) is 3. The fourth-order valence-electron chi connectivity index (χ4n) is 3.11. The minimum Gasteiger partial charge on any atom is -0.292 e. The van der Waals surface area contributed by atoms with Gasteiger partial charge in [0.1, 0.15) is 0 Å². The van der Waals surface area contributed by atoms with Crippen molar-refractivity contribution in [3.63, 3.8) is 0 Å². The normalized spacial score (nSPS) is 11.9. The molecule has 0 atom stereocenters. The summed E-state index contributed by atoms with van der Waals surface area (Å²) >= 11 is 3.20. The molecule has 0 bridgehead atoms. The Balaban J connectivity index is 1.66. The van der Waals surface area contributed by atoms with Gasteiger partial charge < -0.3 is 0 Å². The number of aromatic nitrogens is 3. The summed E-state index contributed by atoms with van der Waals surface area (Å²) in [5, 5.41) is 3.95. The highest BCUT2D eigenvalue weighted by Gasteiger charge is 2.17. The Labute approximate surface area is 190 Å². The third kappa shape index (κ3) is 5.17. The lowest BCUT2D eigenvalue weighted by molar-refractivity contribution is 0.597. The Bertz CT molecular complexity index is 1220. The number of para-hydroxylation sites is 1. The second-order valence-electron chi connectivity index (χ2n) is 7.93. The van der Waals surface area contributed by atoms with Crippen LogP contribution in [-0.2, 0) is 5.75 Å². The minimum atomic E-state index is -0.105. The molecule has 0 amide bonds. The highest BCUT2D eigenvalue weighted by Crippen LogP contribution is 2.26. The van der Waals surface area contributed by atoms with Gasteiger partial charge in [-0.3, -0.25) is 14.9 Å². The molecule has 0 aliphatic heterocycles. The lowest BCUT2D eigenvalue weighted by Crippen LogP contribution is -2.17. The first-order valence-electron chi connectivity index (χ1n) is 10.4. The van der Waals surface area contributed by atoms with Crippen LogP contribution in [0.4, 0.5) is 0 Å². The van der Waals surface area contributed by atoms with E-state index in [9.17, 15) is 4.79 Å². The Hall–Kier alpha value is -2.64. The van der Waals surface area contributed by atoms with Gasteiger partial charge >= 0.3 is 0 Å². The van der Waals surface area contributed by atoms with Gasteiger partial charge in [0, 0.05) is 23.4 Å². The molecule has 2 aromatic carbocycles. The van der Waals surface area contributed by atoms with Gasteiger partial charge in [0.05, 0.1) is 21.5 Å². The smallest absolute Gasteiger partial charge is 0.282 e. The fourth-order valence-corrected chi connectivity index (χ4v) is 4.89. The van der Waals surface area contributed by atoms with Crippen LogP contribution in [-0.4, -0.2) is 27.5 Å². The molecule has 2 aromatic heterocycles. The van der Waals surface area contributed by atoms with Crippen molar-refractivity contribution in [2.24, 2.45) is 10.9 Å². The first kappa shape index (κ1) is 21.6. The van der Waals surface area contributed by atoms with Crippen molar-refractivity contribution in [1.82, 2.24) is 14.8 Å². The molecule has 0 saturated heterocycles. The van der Waals surface area contributed by atoms with Gasteiger partial charge in [0.2, 0.25) is 5.13 Å². The number of hydrogen-bond acceptors (Lipinski definition) is 5. The van der Waals surface area contributed by atoms with E-state index in [4.69, 9.17) is 0 Å². The summed E-state index contributed by atoms with van der Waals surface area (Å²) < 4.78 is 2.61. The van der Waals surface area contributed by atoms with Crippen LogP contribution in [0, 0.1) is 12.8 Å². The lowest BCUT2D eigenvalue weighted by atomic mass is 10.1. The van der Waals surface area contributed by atoms with E-state index in [0.717, 1.165) is 22.3 Å². The van der Waals surface area contributed by atoms with Crippen molar-refractivity contribution in [2.75, 3.05) is 6.54 Å². The third-order valence-electron chi connectivity index (χ3n) is 4.94. The largest absolute Gasteiger partial charge is 0.292 e. The molecule has 0 aliphatic carbocycles. The zero-order chi connectivity index (χ0) is 21.8. The summed E-state index contributed by atoms with van der Waals surface area (Å²) in [6.07, 6.45) is 2.73. The Morgan fingerprint density at radius 3 is 2.71 bits per heavy atom. The van der Waals surface area contributed by atoms with Crippen LogP contribution in [0.1, 0.15) is 37.1 Å². The van der Waals surface area contributed by atoms with Crippen molar-refractivity contribution in [3.05, 3.63) is 75.7 Å². The number of aliphatic imine (C=N–C) groups is 1. The second kappa shape index (κ2) is 9.66. The summed E-state index contributed by atoms with van der Waals surface area (Å²) in [5.74, 6) is 1.24. The Morgan fingerprint density at radius 2 is 1.97 bits per heavy atom. The van der Waals surface area contributed by atoms with Crippen LogP contribution < -0.4 is 5.56 Å². The van der Waals surface area contributed by atoms with Crippen molar-refractivity contribution in [3.8, 4) is 5.13 Å². The van der Waals surface area contributed by atoms with E-state index in [1.807, 2.05) is 24.3 Å². The number of rotatable bonds is 8. The van der Waals surface area contributed by atoms with E-state index < -0.39 is 0 Å². The maximum atomic E-state index is 13.2. The quantitative estimate of drug-likeness (QED) is 0.271. The molecule has 160 valence electrons. The number of thiazole rings is 1. The summed E-state index contributed by atoms with van der Waals surface area (Å²) in [4.78, 5) is 23.6. The number of thioether (sulfide) groups is 1. The van der Waals surface area contributed by atoms with E-state index in [1.165, 1.54) is 21.8 Å². The monoisotopic (exact) mass is 450 g/mol. The van der Waals surface area contributed by atoms with E-state index in [2.05, 4.69) is 60.1 Å². The van der Waals surface area contributed by atoms with Crippen molar-refractivity contribution < 1.29 is 0 Å². The fraction of sp³-hybridized carbons (Fsp3) is 0.292. The molecular weight excluding hydrogens is 424 g/mol. The van der Waals surface area contributed by atoms with Gasteiger partial charge in [-0.1, -0.05) is 55.0 Å². The summed E-state index contributed by atoms with van der Waals surface area (Å²) in [7, 11) is 0. The highest BCUT2D eigenvalue weighted by atomic mass is 32.2. The van der Waals surface area contributed by atoms with E-state index in [1.54, 1.807) is 22.7 Å². The van der Waals surface area contributed by atoms with Crippen molar-refractivity contribution in [1.29, 1.82) is 0 Å². The molecular formula is C24H26N4OS2. The summed E-state index contributed by atoms with van der Waals surface area (Å²) in [6, 6.07) is 16.4. The van der Waals surface area contributed by atoms with Gasteiger partial charge in [-0.2, -0.15) is 4.68 Å². The zero-order valence-electron chi connectivity index (χ0n) is 18.0. The molecule has 7 heteroatoms. The predicted molar refractivity (Wildman–Crippen MR) is 132 cm³/mol. The topological polar surface area (TPSA) is 63.0 Å². The van der Waals surface area contributed by atoms with Gasteiger partial charge in [-0.25, -0.2) is 4.98 Å². The molecule has 0 radical (unpaired) electrons. The average molecular weight is 451 g/mol. The number of nitrogens with one attached hydrogen (secondary N) is 1. The van der Waals surface area contributed by atoms with Gasteiger partial charge in [0.25, 0.3) is 5.56 Å². The maximum Gasteiger partial charge on any atom is 0.282 e. The molecule has 0 aliphatic rings. The minimum absolute atomic E-state index is 0.105. The molecule has 4 rings (SSSR count). The van der Waals surface area contributed by atoms with Crippen LogP contribution in [0.15, 0.2) is 63.2 Å². The zero-order valence-corrected chi connectivity index (χ0v) is 19.6. The van der Waals surface area contributed by atoms with E-state index in [-0.39, 0.29) is 5.56 Å². The molecule has 2 heterocycles. The average Bonchev–Trinajstić information content (AvgIpc) is 3.31. The molecule has 1 N–H and O–H groups in total. The summed E-state index contributed by atoms with van der Waals surface area (Å²) in [5.41, 5.74) is 3.50. The first-order valence-corrected chi connectivity index (χ1v) is 12.2. The van der Waals surface area contributed by atoms with Crippen molar-refractivity contribution >= 4 is 39.5 Å². The summed E-state index contributed by atoms with van der Waals surface area (Å²) in [6.45, 7) is 7.15. The number of benzene rings is 2. The van der Waals surface area contributed by atoms with Crippen LogP contribution in [0.3, 0.4) is 0 Å². The molecule has 0 fully saturated rings. The Kier molecular flexibility index (Phi) is 6.73. The molecule has 4 aromatic rings.